The lowest BCUT2D eigenvalue weighted by Gasteiger charge is -2.28. The molecule has 0 radical (unpaired) electrons. The van der Waals surface area contributed by atoms with Crippen LogP contribution in [0.15, 0.2) is 65.7 Å². The van der Waals surface area contributed by atoms with Crippen LogP contribution in [0.25, 0.3) is 0 Å². The molecular formula is C34H50N8O5. The summed E-state index contributed by atoms with van der Waals surface area (Å²) < 4.78 is 0. The lowest BCUT2D eigenvalue weighted by atomic mass is 9.98. The predicted octanol–water partition coefficient (Wildman–Crippen LogP) is 1.17. The first-order valence-electron chi connectivity index (χ1n) is 15.9. The van der Waals surface area contributed by atoms with E-state index in [1.807, 2.05) is 44.2 Å². The van der Waals surface area contributed by atoms with Gasteiger partial charge in [-0.05, 0) is 48.6 Å². The quantitative estimate of drug-likeness (QED) is 0.0667. The van der Waals surface area contributed by atoms with Gasteiger partial charge in [-0.1, -0.05) is 88.4 Å². The molecule has 0 aliphatic rings. The molecule has 0 saturated carbocycles. The van der Waals surface area contributed by atoms with Gasteiger partial charge >= 0.3 is 0 Å². The van der Waals surface area contributed by atoms with Crippen molar-refractivity contribution < 1.29 is 24.0 Å². The van der Waals surface area contributed by atoms with Crippen molar-refractivity contribution in [2.45, 2.75) is 84.0 Å². The molecule has 0 heterocycles. The number of rotatable bonds is 19. The van der Waals surface area contributed by atoms with E-state index in [9.17, 15) is 24.0 Å². The number of carbonyl (C=O) groups is 5. The number of nitrogens with zero attached hydrogens (tertiary/aromatic N) is 1. The molecule has 13 nitrogen and oxygen atoms in total. The average molecular weight is 651 g/mol. The van der Waals surface area contributed by atoms with Crippen LogP contribution in [0.5, 0.6) is 0 Å². The van der Waals surface area contributed by atoms with E-state index in [1.54, 1.807) is 44.2 Å². The normalized spacial score (nSPS) is 13.5. The number of hydrogen-bond acceptors (Lipinski definition) is 6. The van der Waals surface area contributed by atoms with Crippen molar-refractivity contribution >= 4 is 35.5 Å². The van der Waals surface area contributed by atoms with Crippen molar-refractivity contribution in [3.8, 4) is 0 Å². The fraction of sp³-hybridized carbons (Fsp3) is 0.471. The van der Waals surface area contributed by atoms with Gasteiger partial charge in [0.2, 0.25) is 29.5 Å². The van der Waals surface area contributed by atoms with Crippen molar-refractivity contribution in [1.29, 1.82) is 0 Å². The molecule has 0 unspecified atom stereocenters. The van der Waals surface area contributed by atoms with Crippen molar-refractivity contribution in [2.24, 2.45) is 34.0 Å². The van der Waals surface area contributed by atoms with Crippen LogP contribution < -0.4 is 38.5 Å². The first-order valence-corrected chi connectivity index (χ1v) is 15.9. The molecule has 0 aromatic heterocycles. The third-order valence-corrected chi connectivity index (χ3v) is 7.37. The Labute approximate surface area is 276 Å². The Morgan fingerprint density at radius 1 is 0.723 bits per heavy atom. The molecule has 4 atom stereocenters. The van der Waals surface area contributed by atoms with Gasteiger partial charge in [-0.15, -0.1) is 0 Å². The Bertz CT molecular complexity index is 1350. The van der Waals surface area contributed by atoms with E-state index < -0.39 is 47.8 Å². The molecule has 0 spiro atoms. The number of guanidine groups is 1. The monoisotopic (exact) mass is 650 g/mol. The van der Waals surface area contributed by atoms with Gasteiger partial charge in [-0.3, -0.25) is 29.0 Å². The third kappa shape index (κ3) is 13.9. The summed E-state index contributed by atoms with van der Waals surface area (Å²) in [6, 6.07) is 14.0. The van der Waals surface area contributed by atoms with Gasteiger partial charge in [0.1, 0.15) is 24.2 Å². The number of aryl methyl sites for hydroxylation is 1. The molecule has 13 heteroatoms. The second-order valence-electron chi connectivity index (χ2n) is 12.2. The van der Waals surface area contributed by atoms with Gasteiger partial charge in [0.15, 0.2) is 5.96 Å². The minimum Gasteiger partial charge on any atom is -0.370 e. The number of carbonyl (C=O) groups excluding carboxylic acids is 5. The van der Waals surface area contributed by atoms with E-state index in [4.69, 9.17) is 17.2 Å². The molecular weight excluding hydrogens is 600 g/mol. The molecule has 47 heavy (non-hydrogen) atoms. The van der Waals surface area contributed by atoms with Crippen LogP contribution in [0.2, 0.25) is 0 Å². The number of primary amides is 1. The molecule has 2 aromatic rings. The SMILES string of the molecule is CC(C)C[C@H](NC(=O)[C@H](CCCN=C(N)N)NC(=O)CCc1ccccc1)C(=O)N[C@H](C(=O)N[C@H](C(N)=O)c1ccccc1)C(C)C. The summed E-state index contributed by atoms with van der Waals surface area (Å²) >= 11 is 0. The van der Waals surface area contributed by atoms with Crippen molar-refractivity contribution in [1.82, 2.24) is 21.3 Å². The summed E-state index contributed by atoms with van der Waals surface area (Å²) in [7, 11) is 0. The van der Waals surface area contributed by atoms with E-state index >= 15 is 0 Å². The summed E-state index contributed by atoms with van der Waals surface area (Å²) in [5.74, 6) is -3.25. The number of nitrogens with one attached hydrogen (secondary N) is 4. The van der Waals surface area contributed by atoms with Gasteiger partial charge in [0.25, 0.3) is 0 Å². The Balaban J connectivity index is 2.18. The van der Waals surface area contributed by atoms with E-state index in [1.165, 1.54) is 0 Å². The number of benzene rings is 2. The van der Waals surface area contributed by atoms with Crippen LogP contribution in [0.4, 0.5) is 0 Å². The molecule has 0 saturated heterocycles. The smallest absolute Gasteiger partial charge is 0.244 e. The Morgan fingerprint density at radius 3 is 1.87 bits per heavy atom. The number of hydrogen-bond donors (Lipinski definition) is 7. The van der Waals surface area contributed by atoms with Gasteiger partial charge in [-0.2, -0.15) is 0 Å². The Kier molecular flexibility index (Phi) is 15.9. The summed E-state index contributed by atoms with van der Waals surface area (Å²) in [4.78, 5) is 69.6. The molecule has 256 valence electrons. The zero-order chi connectivity index (χ0) is 34.9. The lowest BCUT2D eigenvalue weighted by molar-refractivity contribution is -0.135. The highest BCUT2D eigenvalue weighted by Crippen LogP contribution is 2.14. The third-order valence-electron chi connectivity index (χ3n) is 7.37. The van der Waals surface area contributed by atoms with E-state index in [2.05, 4.69) is 26.3 Å². The fourth-order valence-electron chi connectivity index (χ4n) is 4.90. The average Bonchev–Trinajstić information content (AvgIpc) is 3.02. The highest BCUT2D eigenvalue weighted by Gasteiger charge is 2.33. The maximum atomic E-state index is 13.6. The summed E-state index contributed by atoms with van der Waals surface area (Å²) in [6.45, 7) is 7.55. The van der Waals surface area contributed by atoms with Crippen LogP contribution in [0.1, 0.15) is 70.5 Å². The minimum atomic E-state index is -1.10. The van der Waals surface area contributed by atoms with Crippen LogP contribution >= 0.6 is 0 Å². The summed E-state index contributed by atoms with van der Waals surface area (Å²) in [6.07, 6.45) is 1.54. The lowest BCUT2D eigenvalue weighted by Crippen LogP contribution is -2.58. The molecule has 0 aliphatic carbocycles. The number of amides is 5. The molecule has 0 fully saturated rings. The highest BCUT2D eigenvalue weighted by molar-refractivity contribution is 5.95. The Hall–Kier alpha value is -4.94. The molecule has 2 rings (SSSR count). The molecule has 0 aliphatic heterocycles. The van der Waals surface area contributed by atoms with Crippen LogP contribution in [0, 0.1) is 11.8 Å². The molecule has 2 aromatic carbocycles. The maximum Gasteiger partial charge on any atom is 0.244 e. The minimum absolute atomic E-state index is 0.00419. The van der Waals surface area contributed by atoms with Gasteiger partial charge < -0.3 is 38.5 Å². The van der Waals surface area contributed by atoms with Crippen molar-refractivity contribution in [3.05, 3.63) is 71.8 Å². The summed E-state index contributed by atoms with van der Waals surface area (Å²) in [5, 5.41) is 11.0. The van der Waals surface area contributed by atoms with Gasteiger partial charge in [0, 0.05) is 13.0 Å². The topological polar surface area (TPSA) is 224 Å². The first-order chi connectivity index (χ1) is 22.3. The maximum absolute atomic E-state index is 13.6. The van der Waals surface area contributed by atoms with Crippen molar-refractivity contribution in [3.63, 3.8) is 0 Å². The van der Waals surface area contributed by atoms with E-state index in [-0.39, 0.29) is 49.5 Å². The number of nitrogens with two attached hydrogens (primary N) is 3. The van der Waals surface area contributed by atoms with Crippen molar-refractivity contribution in [2.75, 3.05) is 6.54 Å². The Morgan fingerprint density at radius 2 is 1.32 bits per heavy atom. The zero-order valence-corrected chi connectivity index (χ0v) is 27.7. The number of aliphatic imine (C=N–C) groups is 1. The molecule has 10 N–H and O–H groups in total. The largest absolute Gasteiger partial charge is 0.370 e. The zero-order valence-electron chi connectivity index (χ0n) is 27.7. The van der Waals surface area contributed by atoms with Gasteiger partial charge in [-0.25, -0.2) is 0 Å². The second-order valence-corrected chi connectivity index (χ2v) is 12.2. The first kappa shape index (κ1) is 38.2. The van der Waals surface area contributed by atoms with Gasteiger partial charge in [0.05, 0.1) is 0 Å². The highest BCUT2D eigenvalue weighted by atomic mass is 16.2. The van der Waals surface area contributed by atoms with Crippen LogP contribution in [-0.4, -0.2) is 60.2 Å². The van der Waals surface area contributed by atoms with E-state index in [0.29, 0.717) is 18.4 Å². The molecule has 0 bridgehead atoms. The predicted molar refractivity (Wildman–Crippen MR) is 181 cm³/mol. The van der Waals surface area contributed by atoms with E-state index in [0.717, 1.165) is 5.56 Å². The second kappa shape index (κ2) is 19.5. The fourth-order valence-corrected chi connectivity index (χ4v) is 4.90. The standard InChI is InChI=1S/C34H50N8O5/c1-21(2)20-26(32(46)41-28(22(3)4)33(47)42-29(30(35)44)24-14-9-6-10-15-24)40-31(45)25(16-11-19-38-34(36)37)39-27(43)18-17-23-12-7-5-8-13-23/h5-10,12-15,21-22,25-26,28-29H,11,16-20H2,1-4H3,(H2,35,44)(H,39,43)(H,40,45)(H,41,46)(H,42,47)(H4,36,37,38)/t25-,26-,28-,29-/m0/s1. The molecule has 5 amide bonds. The summed E-state index contributed by atoms with van der Waals surface area (Å²) in [5.41, 5.74) is 17.9. The van der Waals surface area contributed by atoms with Crippen LogP contribution in [-0.2, 0) is 30.4 Å². The van der Waals surface area contributed by atoms with Crippen LogP contribution in [0.3, 0.4) is 0 Å².